The van der Waals surface area contributed by atoms with Crippen molar-refractivity contribution in [2.45, 2.75) is 13.8 Å². The summed E-state index contributed by atoms with van der Waals surface area (Å²) in [5, 5.41) is 7.57. The lowest BCUT2D eigenvalue weighted by Crippen LogP contribution is -1.77. The Morgan fingerprint density at radius 1 is 1.33 bits per heavy atom. The number of hydrogen-bond donors (Lipinski definition) is 1. The van der Waals surface area contributed by atoms with E-state index in [-0.39, 0.29) is 6.61 Å². The zero-order valence-corrected chi connectivity index (χ0v) is 7.45. The van der Waals surface area contributed by atoms with Crippen LogP contribution in [0.4, 0.5) is 0 Å². The predicted octanol–water partition coefficient (Wildman–Crippen LogP) is 1.81. The molecule has 0 atom stereocenters. The van der Waals surface area contributed by atoms with Gasteiger partial charge >= 0.3 is 0 Å². The molecular formula is C10H14O2. The number of carbonyl (C=O) groups is 1. The molecule has 0 spiro atoms. The van der Waals surface area contributed by atoms with Crippen LogP contribution in [0.2, 0.25) is 0 Å². The number of rotatable bonds is 1. The summed E-state index contributed by atoms with van der Waals surface area (Å²) < 4.78 is 0. The summed E-state index contributed by atoms with van der Waals surface area (Å²) in [6, 6.07) is 7.46. The molecule has 2 nitrogen and oxygen atoms in total. The highest BCUT2D eigenvalue weighted by Gasteiger charge is 1.85. The van der Waals surface area contributed by atoms with Gasteiger partial charge in [0.2, 0.25) is 0 Å². The Balaban J connectivity index is 0.000000354. The first kappa shape index (κ1) is 10.8. The van der Waals surface area contributed by atoms with Gasteiger partial charge in [-0.3, -0.25) is 4.79 Å². The van der Waals surface area contributed by atoms with Gasteiger partial charge in [-0.15, -0.1) is 0 Å². The van der Waals surface area contributed by atoms with Crippen molar-refractivity contribution in [3.05, 3.63) is 35.4 Å². The van der Waals surface area contributed by atoms with Gasteiger partial charge in [-0.1, -0.05) is 29.8 Å². The van der Waals surface area contributed by atoms with Crippen molar-refractivity contribution < 1.29 is 9.90 Å². The Bertz CT molecular complexity index is 214. The summed E-state index contributed by atoms with van der Waals surface area (Å²) in [5.74, 6) is 0. The molecule has 0 radical (unpaired) electrons. The average Bonchev–Trinajstić information content (AvgIpc) is 2.07. The molecule has 0 bridgehead atoms. The molecule has 0 amide bonds. The van der Waals surface area contributed by atoms with E-state index in [1.807, 2.05) is 31.2 Å². The van der Waals surface area contributed by atoms with E-state index < -0.39 is 0 Å². The van der Waals surface area contributed by atoms with Crippen LogP contribution in [0.25, 0.3) is 0 Å². The zero-order chi connectivity index (χ0) is 9.40. The van der Waals surface area contributed by atoms with Crippen LogP contribution in [0.5, 0.6) is 0 Å². The van der Waals surface area contributed by atoms with Crippen LogP contribution in [0.3, 0.4) is 0 Å². The SMILES string of the molecule is CCO.Cc1ccc(C=O)cc1. The standard InChI is InChI=1S/C8H8O.C2H6O/c1-7-2-4-8(6-9)5-3-7;1-2-3/h2-6H,1H3;3H,2H2,1H3. The molecule has 0 aliphatic heterocycles. The average molecular weight is 166 g/mol. The van der Waals surface area contributed by atoms with Gasteiger partial charge in [0, 0.05) is 12.2 Å². The topological polar surface area (TPSA) is 37.3 Å². The van der Waals surface area contributed by atoms with Crippen LogP contribution in [0, 0.1) is 6.92 Å². The first-order valence-corrected chi connectivity index (χ1v) is 3.87. The number of aryl methyl sites for hydroxylation is 1. The fraction of sp³-hybridized carbons (Fsp3) is 0.300. The van der Waals surface area contributed by atoms with Crippen LogP contribution in [-0.4, -0.2) is 18.0 Å². The third-order valence-electron chi connectivity index (χ3n) is 1.21. The normalized spacial score (nSPS) is 8.25. The monoisotopic (exact) mass is 166 g/mol. The maximum Gasteiger partial charge on any atom is 0.150 e. The largest absolute Gasteiger partial charge is 0.397 e. The van der Waals surface area contributed by atoms with Crippen LogP contribution in [0.1, 0.15) is 22.8 Å². The maximum atomic E-state index is 10.1. The molecule has 0 heterocycles. The van der Waals surface area contributed by atoms with E-state index in [4.69, 9.17) is 5.11 Å². The highest BCUT2D eigenvalue weighted by Crippen LogP contribution is 1.98. The van der Waals surface area contributed by atoms with E-state index in [0.29, 0.717) is 0 Å². The van der Waals surface area contributed by atoms with Gasteiger partial charge in [-0.25, -0.2) is 0 Å². The summed E-state index contributed by atoms with van der Waals surface area (Å²) in [6.45, 7) is 3.93. The first-order valence-electron chi connectivity index (χ1n) is 3.87. The predicted molar refractivity (Wildman–Crippen MR) is 49.3 cm³/mol. The van der Waals surface area contributed by atoms with Crippen molar-refractivity contribution in [2.24, 2.45) is 0 Å². The summed E-state index contributed by atoms with van der Waals surface area (Å²) >= 11 is 0. The highest BCUT2D eigenvalue weighted by molar-refractivity contribution is 5.74. The number of benzene rings is 1. The summed E-state index contributed by atoms with van der Waals surface area (Å²) in [5.41, 5.74) is 1.92. The lowest BCUT2D eigenvalue weighted by Gasteiger charge is -1.89. The molecule has 0 fully saturated rings. The fourth-order valence-corrected chi connectivity index (χ4v) is 0.645. The van der Waals surface area contributed by atoms with E-state index in [0.717, 1.165) is 11.8 Å². The van der Waals surface area contributed by atoms with Crippen molar-refractivity contribution in [3.63, 3.8) is 0 Å². The van der Waals surface area contributed by atoms with Gasteiger partial charge in [0.05, 0.1) is 0 Å². The number of aliphatic hydroxyl groups is 1. The molecule has 0 saturated carbocycles. The third-order valence-corrected chi connectivity index (χ3v) is 1.21. The van der Waals surface area contributed by atoms with Crippen LogP contribution < -0.4 is 0 Å². The Kier molecular flexibility index (Phi) is 5.93. The molecule has 2 heteroatoms. The van der Waals surface area contributed by atoms with Gasteiger partial charge in [0.15, 0.2) is 0 Å². The number of hydrogen-bond acceptors (Lipinski definition) is 2. The van der Waals surface area contributed by atoms with Gasteiger partial charge < -0.3 is 5.11 Å². The van der Waals surface area contributed by atoms with E-state index in [1.165, 1.54) is 5.56 Å². The maximum absolute atomic E-state index is 10.1. The molecule has 1 rings (SSSR count). The van der Waals surface area contributed by atoms with Crippen LogP contribution in [-0.2, 0) is 0 Å². The van der Waals surface area contributed by atoms with Crippen molar-refractivity contribution in [1.29, 1.82) is 0 Å². The molecule has 0 unspecified atom stereocenters. The minimum absolute atomic E-state index is 0.250. The van der Waals surface area contributed by atoms with Crippen molar-refractivity contribution >= 4 is 6.29 Å². The Hall–Kier alpha value is -1.15. The smallest absolute Gasteiger partial charge is 0.150 e. The number of aliphatic hydroxyl groups excluding tert-OH is 1. The Morgan fingerprint density at radius 2 is 1.75 bits per heavy atom. The molecular weight excluding hydrogens is 152 g/mol. The zero-order valence-electron chi connectivity index (χ0n) is 7.45. The molecule has 1 N–H and O–H groups in total. The van der Waals surface area contributed by atoms with Crippen LogP contribution >= 0.6 is 0 Å². The minimum Gasteiger partial charge on any atom is -0.397 e. The van der Waals surface area contributed by atoms with Gasteiger partial charge in [0.25, 0.3) is 0 Å². The lowest BCUT2D eigenvalue weighted by molar-refractivity contribution is 0.112. The highest BCUT2D eigenvalue weighted by atomic mass is 16.2. The molecule has 1 aromatic carbocycles. The van der Waals surface area contributed by atoms with Gasteiger partial charge in [-0.2, -0.15) is 0 Å². The van der Waals surface area contributed by atoms with Gasteiger partial charge in [-0.05, 0) is 13.8 Å². The van der Waals surface area contributed by atoms with E-state index in [1.54, 1.807) is 6.92 Å². The molecule has 0 aromatic heterocycles. The second-order valence-electron chi connectivity index (χ2n) is 2.34. The summed E-state index contributed by atoms with van der Waals surface area (Å²) in [6.07, 6.45) is 0.847. The Labute approximate surface area is 72.9 Å². The van der Waals surface area contributed by atoms with Crippen LogP contribution in [0.15, 0.2) is 24.3 Å². The summed E-state index contributed by atoms with van der Waals surface area (Å²) in [7, 11) is 0. The van der Waals surface area contributed by atoms with E-state index in [2.05, 4.69) is 0 Å². The van der Waals surface area contributed by atoms with E-state index >= 15 is 0 Å². The fourth-order valence-electron chi connectivity index (χ4n) is 0.645. The van der Waals surface area contributed by atoms with Crippen molar-refractivity contribution in [2.75, 3.05) is 6.61 Å². The molecule has 66 valence electrons. The molecule has 0 saturated heterocycles. The number of aldehydes is 1. The Morgan fingerprint density at radius 3 is 2.08 bits per heavy atom. The summed E-state index contributed by atoms with van der Waals surface area (Å²) in [4.78, 5) is 10.1. The second kappa shape index (κ2) is 6.55. The molecule has 12 heavy (non-hydrogen) atoms. The van der Waals surface area contributed by atoms with Crippen molar-refractivity contribution in [3.8, 4) is 0 Å². The second-order valence-corrected chi connectivity index (χ2v) is 2.34. The molecule has 0 aliphatic carbocycles. The lowest BCUT2D eigenvalue weighted by atomic mass is 10.2. The number of carbonyl (C=O) groups excluding carboxylic acids is 1. The van der Waals surface area contributed by atoms with Gasteiger partial charge in [0.1, 0.15) is 6.29 Å². The third kappa shape index (κ3) is 4.63. The van der Waals surface area contributed by atoms with E-state index in [9.17, 15) is 4.79 Å². The first-order chi connectivity index (χ1) is 5.74. The quantitative estimate of drug-likeness (QED) is 0.646. The van der Waals surface area contributed by atoms with Crippen molar-refractivity contribution in [1.82, 2.24) is 0 Å². The minimum atomic E-state index is 0.250. The molecule has 0 aliphatic rings. The molecule has 1 aromatic rings.